The average molecular weight is 281 g/mol. The van der Waals surface area contributed by atoms with E-state index in [2.05, 4.69) is 4.74 Å². The fraction of sp³-hybridized carbons (Fsp3) is 0.556. The Labute approximate surface area is 104 Å². The third-order valence-corrected chi connectivity index (χ3v) is 2.74. The molecular formula is C9H16NO7P. The van der Waals surface area contributed by atoms with Crippen LogP contribution in [-0.2, 0) is 18.9 Å². The Morgan fingerprint density at radius 1 is 1.44 bits per heavy atom. The third kappa shape index (κ3) is 7.18. The number of aliphatic carboxylic acids is 1. The van der Waals surface area contributed by atoms with Crippen LogP contribution in [0.5, 0.6) is 0 Å². The van der Waals surface area contributed by atoms with Crippen LogP contribution in [0.3, 0.4) is 0 Å². The minimum absolute atomic E-state index is 0.218. The molecule has 0 rings (SSSR count). The van der Waals surface area contributed by atoms with E-state index in [0.717, 1.165) is 6.08 Å². The molecule has 0 aliphatic carbocycles. The molecule has 0 aromatic carbocycles. The predicted molar refractivity (Wildman–Crippen MR) is 61.8 cm³/mol. The summed E-state index contributed by atoms with van der Waals surface area (Å²) in [6, 6.07) is -1.27. The fourth-order valence-electron chi connectivity index (χ4n) is 1.06. The first kappa shape index (κ1) is 16.8. The number of esters is 1. The lowest BCUT2D eigenvalue weighted by Crippen LogP contribution is -2.35. The van der Waals surface area contributed by atoms with Gasteiger partial charge in [-0.15, -0.1) is 0 Å². The average Bonchev–Trinajstić information content (AvgIpc) is 2.13. The van der Waals surface area contributed by atoms with E-state index < -0.39 is 37.8 Å². The summed E-state index contributed by atoms with van der Waals surface area (Å²) in [6.07, 6.45) is -0.739. The van der Waals surface area contributed by atoms with Gasteiger partial charge >= 0.3 is 19.5 Å². The predicted octanol–water partition coefficient (Wildman–Crippen LogP) is -0.546. The van der Waals surface area contributed by atoms with Crippen molar-refractivity contribution < 1.29 is 33.8 Å². The van der Waals surface area contributed by atoms with Gasteiger partial charge in [-0.1, -0.05) is 11.6 Å². The Morgan fingerprint density at radius 2 is 1.94 bits per heavy atom. The zero-order valence-electron chi connectivity index (χ0n) is 9.94. The van der Waals surface area contributed by atoms with Crippen LogP contribution in [0.4, 0.5) is 0 Å². The summed E-state index contributed by atoms with van der Waals surface area (Å²) >= 11 is 0. The van der Waals surface area contributed by atoms with E-state index in [-0.39, 0.29) is 5.57 Å². The lowest BCUT2D eigenvalue weighted by atomic mass is 10.2. The molecule has 0 aliphatic rings. The van der Waals surface area contributed by atoms with Gasteiger partial charge in [-0.05, 0) is 13.8 Å². The number of carboxylic acid groups (broad SMARTS) is 1. The highest BCUT2D eigenvalue weighted by Crippen LogP contribution is 2.36. The molecule has 0 spiro atoms. The van der Waals surface area contributed by atoms with Crippen LogP contribution in [0.25, 0.3) is 0 Å². The summed E-state index contributed by atoms with van der Waals surface area (Å²) in [4.78, 5) is 39.1. The van der Waals surface area contributed by atoms with Crippen LogP contribution >= 0.6 is 7.60 Å². The summed E-state index contributed by atoms with van der Waals surface area (Å²) in [6.45, 7) is 2.56. The number of rotatable bonds is 6. The summed E-state index contributed by atoms with van der Waals surface area (Å²) in [7, 11) is -4.22. The van der Waals surface area contributed by atoms with Gasteiger partial charge < -0.3 is 25.4 Å². The number of hydrogen-bond donors (Lipinski definition) is 4. The smallest absolute Gasteiger partial charge is 0.344 e. The van der Waals surface area contributed by atoms with Gasteiger partial charge in [0, 0.05) is 0 Å². The van der Waals surface area contributed by atoms with Crippen molar-refractivity contribution in [2.75, 3.05) is 6.16 Å². The normalized spacial score (nSPS) is 15.9. The minimum Gasteiger partial charge on any atom is -0.479 e. The summed E-state index contributed by atoms with van der Waals surface area (Å²) in [5.74, 6) is -2.29. The monoisotopic (exact) mass is 281 g/mol. The van der Waals surface area contributed by atoms with Crippen molar-refractivity contribution in [1.82, 2.24) is 0 Å². The minimum atomic E-state index is -4.22. The van der Waals surface area contributed by atoms with E-state index in [9.17, 15) is 14.2 Å². The molecular weight excluding hydrogens is 265 g/mol. The van der Waals surface area contributed by atoms with Crippen LogP contribution in [0.15, 0.2) is 11.6 Å². The van der Waals surface area contributed by atoms with Crippen molar-refractivity contribution in [2.45, 2.75) is 26.0 Å². The van der Waals surface area contributed by atoms with E-state index in [0.29, 0.717) is 0 Å². The number of ether oxygens (including phenoxy) is 1. The first-order valence-electron chi connectivity index (χ1n) is 4.93. The Hall–Kier alpha value is -1.21. The quantitative estimate of drug-likeness (QED) is 0.288. The second-order valence-corrected chi connectivity index (χ2v) is 5.42. The lowest BCUT2D eigenvalue weighted by Gasteiger charge is -2.12. The van der Waals surface area contributed by atoms with Crippen LogP contribution in [0.1, 0.15) is 13.8 Å². The second kappa shape index (κ2) is 6.65. The molecule has 0 saturated heterocycles. The maximum Gasteiger partial charge on any atom is 0.344 e. The van der Waals surface area contributed by atoms with Gasteiger partial charge in [0.2, 0.25) is 0 Å². The molecule has 9 heteroatoms. The standard InChI is InChI=1S/C9H16NO7P/c1-5(4-18(14,15)16)3-7(10)9(13)17-6(2)8(11)12/h3,6-7H,4,10H2,1-2H3,(H,11,12)(H2,14,15,16). The van der Waals surface area contributed by atoms with Crippen molar-refractivity contribution >= 4 is 19.5 Å². The zero-order valence-corrected chi connectivity index (χ0v) is 10.8. The van der Waals surface area contributed by atoms with E-state index in [1.54, 1.807) is 0 Å². The Morgan fingerprint density at radius 3 is 2.33 bits per heavy atom. The molecule has 0 radical (unpaired) electrons. The molecule has 5 N–H and O–H groups in total. The molecule has 0 aliphatic heterocycles. The largest absolute Gasteiger partial charge is 0.479 e. The molecule has 2 unspecified atom stereocenters. The summed E-state index contributed by atoms with van der Waals surface area (Å²) in [5, 5.41) is 8.51. The maximum absolute atomic E-state index is 11.3. The molecule has 0 fully saturated rings. The number of carbonyl (C=O) groups excluding carboxylic acids is 1. The van der Waals surface area contributed by atoms with E-state index >= 15 is 0 Å². The molecule has 2 atom stereocenters. The van der Waals surface area contributed by atoms with Crippen LogP contribution < -0.4 is 5.73 Å². The number of allylic oxidation sites excluding steroid dienone is 1. The molecule has 18 heavy (non-hydrogen) atoms. The Bertz CT molecular complexity index is 400. The van der Waals surface area contributed by atoms with Gasteiger partial charge in [0.1, 0.15) is 6.04 Å². The maximum atomic E-state index is 11.3. The number of hydrogen-bond acceptors (Lipinski definition) is 5. The highest BCUT2D eigenvalue weighted by Gasteiger charge is 2.21. The van der Waals surface area contributed by atoms with Crippen molar-refractivity contribution in [1.29, 1.82) is 0 Å². The lowest BCUT2D eigenvalue weighted by molar-refractivity contribution is -0.162. The molecule has 0 aromatic heterocycles. The number of carbonyl (C=O) groups is 2. The van der Waals surface area contributed by atoms with E-state index in [4.69, 9.17) is 20.6 Å². The number of nitrogens with two attached hydrogens (primary N) is 1. The van der Waals surface area contributed by atoms with Gasteiger partial charge in [-0.2, -0.15) is 0 Å². The number of carboxylic acids is 1. The molecule has 0 heterocycles. The van der Waals surface area contributed by atoms with Crippen LogP contribution in [0, 0.1) is 0 Å². The highest BCUT2D eigenvalue weighted by atomic mass is 31.2. The van der Waals surface area contributed by atoms with Crippen LogP contribution in [0.2, 0.25) is 0 Å². The molecule has 104 valence electrons. The molecule has 0 bridgehead atoms. The third-order valence-electron chi connectivity index (χ3n) is 1.83. The highest BCUT2D eigenvalue weighted by molar-refractivity contribution is 7.52. The zero-order chi connectivity index (χ0) is 14.5. The summed E-state index contributed by atoms with van der Waals surface area (Å²) in [5.41, 5.74) is 5.61. The van der Waals surface area contributed by atoms with E-state index in [1.807, 2.05) is 0 Å². The van der Waals surface area contributed by atoms with Crippen molar-refractivity contribution in [3.63, 3.8) is 0 Å². The second-order valence-electron chi connectivity index (χ2n) is 3.78. The fourth-order valence-corrected chi connectivity index (χ4v) is 1.81. The van der Waals surface area contributed by atoms with Gasteiger partial charge in [0.15, 0.2) is 6.10 Å². The SMILES string of the molecule is CC(=CC(N)C(=O)OC(C)C(=O)O)CP(=O)(O)O. The van der Waals surface area contributed by atoms with Crippen LogP contribution in [-0.4, -0.2) is 45.1 Å². The van der Waals surface area contributed by atoms with Crippen molar-refractivity contribution in [2.24, 2.45) is 5.73 Å². The molecule has 0 saturated carbocycles. The van der Waals surface area contributed by atoms with E-state index in [1.165, 1.54) is 13.8 Å². The van der Waals surface area contributed by atoms with Crippen molar-refractivity contribution in [3.8, 4) is 0 Å². The first-order chi connectivity index (χ1) is 8.03. The Kier molecular flexibility index (Phi) is 6.20. The van der Waals surface area contributed by atoms with Gasteiger partial charge in [0.25, 0.3) is 0 Å². The molecule has 8 nitrogen and oxygen atoms in total. The molecule has 0 amide bonds. The topological polar surface area (TPSA) is 147 Å². The summed E-state index contributed by atoms with van der Waals surface area (Å²) < 4.78 is 15.2. The van der Waals surface area contributed by atoms with Gasteiger partial charge in [-0.25, -0.2) is 9.59 Å². The van der Waals surface area contributed by atoms with Gasteiger partial charge in [-0.3, -0.25) is 4.57 Å². The Balaban J connectivity index is 4.52. The van der Waals surface area contributed by atoms with Gasteiger partial charge in [0.05, 0.1) is 6.16 Å². The first-order valence-corrected chi connectivity index (χ1v) is 6.73. The molecule has 0 aromatic rings. The van der Waals surface area contributed by atoms with Crippen molar-refractivity contribution in [3.05, 3.63) is 11.6 Å².